The number of ketones is 1. The second-order valence-electron chi connectivity index (χ2n) is 9.08. The van der Waals surface area contributed by atoms with Crippen molar-refractivity contribution in [2.45, 2.75) is 46.0 Å². The first-order valence-corrected chi connectivity index (χ1v) is 10.7. The summed E-state index contributed by atoms with van der Waals surface area (Å²) in [5, 5.41) is 0.531. The molecule has 0 N–H and O–H groups in total. The SMILES string of the molecule is COc1cc(Cl)c(C)cc1N1C(=O)CC(c2ccccc2F)C2=C1CC(C)(C)CC2=O. The largest absolute Gasteiger partial charge is 0.495 e. The van der Waals surface area contributed by atoms with Crippen LogP contribution in [0.3, 0.4) is 0 Å². The van der Waals surface area contributed by atoms with Crippen molar-refractivity contribution in [1.82, 2.24) is 0 Å². The Morgan fingerprint density at radius 3 is 2.55 bits per heavy atom. The number of aryl methyl sites for hydroxylation is 1. The summed E-state index contributed by atoms with van der Waals surface area (Å²) in [6.07, 6.45) is 0.891. The van der Waals surface area contributed by atoms with E-state index in [0.717, 1.165) is 5.56 Å². The summed E-state index contributed by atoms with van der Waals surface area (Å²) in [5.41, 5.74) is 2.57. The quantitative estimate of drug-likeness (QED) is 0.590. The van der Waals surface area contributed by atoms with Crippen LogP contribution >= 0.6 is 11.6 Å². The Hall–Kier alpha value is -2.66. The Balaban J connectivity index is 1.97. The molecule has 0 radical (unpaired) electrons. The van der Waals surface area contributed by atoms with Gasteiger partial charge in [0.1, 0.15) is 11.6 Å². The Labute approximate surface area is 186 Å². The fourth-order valence-electron chi connectivity index (χ4n) is 4.70. The third-order valence-electron chi connectivity index (χ3n) is 6.12. The molecule has 0 bridgehead atoms. The van der Waals surface area contributed by atoms with E-state index < -0.39 is 11.7 Å². The zero-order valence-corrected chi connectivity index (χ0v) is 18.8. The molecular formula is C25H25ClFNO3. The Bertz CT molecular complexity index is 1120. The van der Waals surface area contributed by atoms with E-state index in [1.807, 2.05) is 20.8 Å². The van der Waals surface area contributed by atoms with E-state index in [0.29, 0.717) is 46.1 Å². The summed E-state index contributed by atoms with van der Waals surface area (Å²) in [4.78, 5) is 28.4. The summed E-state index contributed by atoms with van der Waals surface area (Å²) < 4.78 is 20.2. The molecule has 0 saturated heterocycles. The molecule has 1 amide bonds. The number of hydrogen-bond donors (Lipinski definition) is 0. The highest BCUT2D eigenvalue weighted by Gasteiger charge is 2.45. The first-order chi connectivity index (χ1) is 14.6. The lowest BCUT2D eigenvalue weighted by atomic mass is 9.69. The predicted octanol–water partition coefficient (Wildman–Crippen LogP) is 5.96. The van der Waals surface area contributed by atoms with E-state index in [9.17, 15) is 14.0 Å². The van der Waals surface area contributed by atoms with Gasteiger partial charge in [0.2, 0.25) is 5.91 Å². The van der Waals surface area contributed by atoms with Gasteiger partial charge in [0.05, 0.1) is 12.8 Å². The number of benzene rings is 2. The number of hydrogen-bond acceptors (Lipinski definition) is 3. The first-order valence-electron chi connectivity index (χ1n) is 10.3. The normalized spacial score (nSPS) is 20.7. The molecule has 2 aliphatic rings. The zero-order chi connectivity index (χ0) is 22.5. The van der Waals surface area contributed by atoms with Crippen LogP contribution in [0.25, 0.3) is 0 Å². The van der Waals surface area contributed by atoms with E-state index in [4.69, 9.17) is 16.3 Å². The third kappa shape index (κ3) is 3.76. The number of allylic oxidation sites excluding steroid dienone is 2. The van der Waals surface area contributed by atoms with Crippen molar-refractivity contribution in [2.24, 2.45) is 5.41 Å². The fourth-order valence-corrected chi connectivity index (χ4v) is 4.86. The molecule has 2 aromatic carbocycles. The summed E-state index contributed by atoms with van der Waals surface area (Å²) in [7, 11) is 1.52. The molecule has 162 valence electrons. The molecule has 0 aromatic heterocycles. The number of amides is 1. The second-order valence-corrected chi connectivity index (χ2v) is 9.49. The van der Waals surface area contributed by atoms with Crippen LogP contribution in [0, 0.1) is 18.2 Å². The van der Waals surface area contributed by atoms with Crippen LogP contribution in [-0.2, 0) is 9.59 Å². The number of anilines is 1. The van der Waals surface area contributed by atoms with Gasteiger partial charge in [-0.25, -0.2) is 4.39 Å². The number of Topliss-reactive ketones (excluding diaryl/α,β-unsaturated/α-hetero) is 1. The summed E-state index contributed by atoms with van der Waals surface area (Å²) in [5.74, 6) is -0.781. The third-order valence-corrected chi connectivity index (χ3v) is 6.53. The van der Waals surface area contributed by atoms with Crippen molar-refractivity contribution in [3.8, 4) is 5.75 Å². The van der Waals surface area contributed by atoms with Gasteiger partial charge in [-0.2, -0.15) is 0 Å². The summed E-state index contributed by atoms with van der Waals surface area (Å²) in [6, 6.07) is 9.86. The van der Waals surface area contributed by atoms with Gasteiger partial charge in [0, 0.05) is 41.1 Å². The zero-order valence-electron chi connectivity index (χ0n) is 18.1. The molecule has 1 aliphatic carbocycles. The fraction of sp³-hybridized carbons (Fsp3) is 0.360. The molecule has 0 fully saturated rings. The minimum absolute atomic E-state index is 0.0107. The van der Waals surface area contributed by atoms with Crippen molar-refractivity contribution in [1.29, 1.82) is 0 Å². The van der Waals surface area contributed by atoms with Crippen LogP contribution in [0.2, 0.25) is 5.02 Å². The first kappa shape index (κ1) is 21.6. The molecule has 1 aliphatic heterocycles. The van der Waals surface area contributed by atoms with E-state index in [1.165, 1.54) is 13.2 Å². The van der Waals surface area contributed by atoms with Crippen molar-refractivity contribution in [3.05, 3.63) is 69.6 Å². The van der Waals surface area contributed by atoms with Crippen LogP contribution in [0.5, 0.6) is 5.75 Å². The number of rotatable bonds is 3. The molecule has 31 heavy (non-hydrogen) atoms. The van der Waals surface area contributed by atoms with Crippen molar-refractivity contribution >= 4 is 29.0 Å². The lowest BCUT2D eigenvalue weighted by Gasteiger charge is -2.43. The maximum Gasteiger partial charge on any atom is 0.232 e. The summed E-state index contributed by atoms with van der Waals surface area (Å²) in [6.45, 7) is 5.87. The molecule has 0 spiro atoms. The van der Waals surface area contributed by atoms with Gasteiger partial charge in [0.25, 0.3) is 0 Å². The van der Waals surface area contributed by atoms with Gasteiger partial charge < -0.3 is 4.74 Å². The van der Waals surface area contributed by atoms with Crippen LogP contribution in [-0.4, -0.2) is 18.8 Å². The number of ether oxygens (including phenoxy) is 1. The Morgan fingerprint density at radius 1 is 1.16 bits per heavy atom. The average molecular weight is 442 g/mol. The molecule has 0 saturated carbocycles. The molecule has 1 atom stereocenters. The number of carbonyl (C=O) groups excluding carboxylic acids is 2. The van der Waals surface area contributed by atoms with Gasteiger partial charge in [-0.05, 0) is 42.0 Å². The topological polar surface area (TPSA) is 46.6 Å². The maximum absolute atomic E-state index is 14.7. The van der Waals surface area contributed by atoms with Gasteiger partial charge >= 0.3 is 0 Å². The molecule has 6 heteroatoms. The van der Waals surface area contributed by atoms with E-state index in [1.54, 1.807) is 35.2 Å². The highest BCUT2D eigenvalue weighted by Crippen LogP contribution is 2.50. The minimum Gasteiger partial charge on any atom is -0.495 e. The van der Waals surface area contributed by atoms with Crippen LogP contribution < -0.4 is 9.64 Å². The number of halogens is 2. The standard InChI is InChI=1S/C25H25ClFNO3/c1-14-9-19(22(31-4)11-17(14)26)28-20-12-25(2,3)13-21(29)24(20)16(10-23(28)30)15-7-5-6-8-18(15)27/h5-9,11,16H,10,12-13H2,1-4H3. The van der Waals surface area contributed by atoms with Gasteiger partial charge in [-0.15, -0.1) is 0 Å². The Morgan fingerprint density at radius 2 is 1.87 bits per heavy atom. The van der Waals surface area contributed by atoms with Gasteiger partial charge in [-0.3, -0.25) is 14.5 Å². The van der Waals surface area contributed by atoms with Crippen LogP contribution in [0.1, 0.15) is 50.2 Å². The second kappa shape index (κ2) is 7.79. The van der Waals surface area contributed by atoms with Gasteiger partial charge in [-0.1, -0.05) is 43.6 Å². The smallest absolute Gasteiger partial charge is 0.232 e. The van der Waals surface area contributed by atoms with Crippen molar-refractivity contribution < 1.29 is 18.7 Å². The highest BCUT2D eigenvalue weighted by atomic mass is 35.5. The van der Waals surface area contributed by atoms with E-state index >= 15 is 0 Å². The molecule has 1 heterocycles. The van der Waals surface area contributed by atoms with E-state index in [-0.39, 0.29) is 23.5 Å². The molecular weight excluding hydrogens is 417 g/mol. The lowest BCUT2D eigenvalue weighted by Crippen LogP contribution is -2.44. The molecule has 1 unspecified atom stereocenters. The predicted molar refractivity (Wildman–Crippen MR) is 119 cm³/mol. The maximum atomic E-state index is 14.7. The Kier molecular flexibility index (Phi) is 5.42. The number of nitrogens with zero attached hydrogens (tertiary/aromatic N) is 1. The monoisotopic (exact) mass is 441 g/mol. The molecule has 4 nitrogen and oxygen atoms in total. The number of methoxy groups -OCH3 is 1. The number of carbonyl (C=O) groups is 2. The lowest BCUT2D eigenvalue weighted by molar-refractivity contribution is -0.121. The molecule has 4 rings (SSSR count). The molecule has 2 aromatic rings. The van der Waals surface area contributed by atoms with Gasteiger partial charge in [0.15, 0.2) is 5.78 Å². The highest BCUT2D eigenvalue weighted by molar-refractivity contribution is 6.31. The van der Waals surface area contributed by atoms with Crippen LogP contribution in [0.15, 0.2) is 47.7 Å². The van der Waals surface area contributed by atoms with E-state index in [2.05, 4.69) is 0 Å². The minimum atomic E-state index is -0.594. The van der Waals surface area contributed by atoms with Crippen molar-refractivity contribution in [3.63, 3.8) is 0 Å². The summed E-state index contributed by atoms with van der Waals surface area (Å²) >= 11 is 6.28. The van der Waals surface area contributed by atoms with Crippen molar-refractivity contribution in [2.75, 3.05) is 12.0 Å². The van der Waals surface area contributed by atoms with Crippen LogP contribution in [0.4, 0.5) is 10.1 Å². The average Bonchev–Trinajstić information content (AvgIpc) is 2.68.